The van der Waals surface area contributed by atoms with E-state index in [1.165, 1.54) is 5.57 Å². The second kappa shape index (κ2) is 6.58. The largest absolute Gasteiger partial charge is 0.269 e. The molecule has 0 fully saturated rings. The van der Waals surface area contributed by atoms with E-state index in [1.54, 1.807) is 6.21 Å². The molecule has 0 amide bonds. The first-order chi connectivity index (χ1) is 5.22. The van der Waals surface area contributed by atoms with Crippen LogP contribution >= 0.6 is 22.6 Å². The monoisotopic (exact) mass is 263 g/mol. The summed E-state index contributed by atoms with van der Waals surface area (Å²) >= 11 is 2.38. The standard InChI is InChI=1S/C9H14IN/c1-4-9(8(3)10)6-7-11-5-2/h4-8H,1-3H3/b7-6-,9-4+,11-5?. The van der Waals surface area contributed by atoms with Crippen molar-refractivity contribution >= 4 is 28.8 Å². The van der Waals surface area contributed by atoms with E-state index in [-0.39, 0.29) is 0 Å². The van der Waals surface area contributed by atoms with Crippen LogP contribution in [0.2, 0.25) is 0 Å². The van der Waals surface area contributed by atoms with Gasteiger partial charge < -0.3 is 0 Å². The molecule has 0 saturated heterocycles. The lowest BCUT2D eigenvalue weighted by atomic mass is 10.2. The Morgan fingerprint density at radius 3 is 2.45 bits per heavy atom. The van der Waals surface area contributed by atoms with Gasteiger partial charge in [0.25, 0.3) is 0 Å². The number of allylic oxidation sites excluding steroid dienone is 3. The molecule has 1 unspecified atom stereocenters. The average Bonchev–Trinajstić information content (AvgIpc) is 1.97. The highest BCUT2D eigenvalue weighted by Gasteiger charge is 1.96. The van der Waals surface area contributed by atoms with E-state index in [4.69, 9.17) is 0 Å². The SMILES string of the molecule is CC=N/C=C\C(=C/C)C(C)I. The Bertz CT molecular complexity index is 178. The van der Waals surface area contributed by atoms with Crippen molar-refractivity contribution < 1.29 is 0 Å². The first-order valence-electron chi connectivity index (χ1n) is 3.67. The molecule has 0 aromatic rings. The van der Waals surface area contributed by atoms with Crippen molar-refractivity contribution in [2.45, 2.75) is 24.7 Å². The first kappa shape index (κ1) is 10.9. The van der Waals surface area contributed by atoms with E-state index >= 15 is 0 Å². The van der Waals surface area contributed by atoms with E-state index in [2.05, 4.69) is 40.6 Å². The third kappa shape index (κ3) is 5.18. The normalized spacial score (nSPS) is 16.5. The topological polar surface area (TPSA) is 12.4 Å². The van der Waals surface area contributed by atoms with E-state index < -0.39 is 0 Å². The summed E-state index contributed by atoms with van der Waals surface area (Å²) in [7, 11) is 0. The molecule has 62 valence electrons. The Balaban J connectivity index is 4.10. The number of alkyl halides is 1. The highest BCUT2D eigenvalue weighted by Crippen LogP contribution is 2.12. The van der Waals surface area contributed by atoms with Crippen LogP contribution in [0.25, 0.3) is 0 Å². The number of rotatable bonds is 3. The molecule has 0 N–H and O–H groups in total. The molecular weight excluding hydrogens is 249 g/mol. The number of halogens is 1. The van der Waals surface area contributed by atoms with E-state index in [9.17, 15) is 0 Å². The first-order valence-corrected chi connectivity index (χ1v) is 4.91. The second-order valence-electron chi connectivity index (χ2n) is 2.13. The lowest BCUT2D eigenvalue weighted by Gasteiger charge is -2.01. The molecule has 1 nitrogen and oxygen atoms in total. The predicted octanol–water partition coefficient (Wildman–Crippen LogP) is 3.36. The summed E-state index contributed by atoms with van der Waals surface area (Å²) in [5, 5.41) is 0. The molecule has 0 heterocycles. The molecule has 0 aliphatic carbocycles. The van der Waals surface area contributed by atoms with Crippen LogP contribution in [0, 0.1) is 0 Å². The van der Waals surface area contributed by atoms with Crippen molar-refractivity contribution in [2.24, 2.45) is 4.99 Å². The van der Waals surface area contributed by atoms with Gasteiger partial charge in [0.05, 0.1) is 0 Å². The van der Waals surface area contributed by atoms with Crippen molar-refractivity contribution in [3.8, 4) is 0 Å². The van der Waals surface area contributed by atoms with Crippen LogP contribution in [0.4, 0.5) is 0 Å². The van der Waals surface area contributed by atoms with Crippen LogP contribution in [-0.4, -0.2) is 10.1 Å². The predicted molar refractivity (Wildman–Crippen MR) is 60.5 cm³/mol. The Morgan fingerprint density at radius 2 is 2.09 bits per heavy atom. The van der Waals surface area contributed by atoms with Gasteiger partial charge in [-0.15, -0.1) is 0 Å². The maximum absolute atomic E-state index is 3.99. The fourth-order valence-electron chi connectivity index (χ4n) is 0.674. The molecular formula is C9H14IN. The molecule has 0 spiro atoms. The number of hydrogen-bond acceptors (Lipinski definition) is 1. The number of nitrogens with zero attached hydrogens (tertiary/aromatic N) is 1. The fourth-order valence-corrected chi connectivity index (χ4v) is 1.24. The van der Waals surface area contributed by atoms with Gasteiger partial charge in [0.1, 0.15) is 0 Å². The quantitative estimate of drug-likeness (QED) is 0.320. The van der Waals surface area contributed by atoms with Crippen molar-refractivity contribution in [1.82, 2.24) is 0 Å². The zero-order chi connectivity index (χ0) is 8.69. The van der Waals surface area contributed by atoms with Crippen molar-refractivity contribution in [3.05, 3.63) is 23.9 Å². The number of hydrogen-bond donors (Lipinski definition) is 0. The zero-order valence-corrected chi connectivity index (χ0v) is 9.37. The Labute approximate surface area is 82.4 Å². The Morgan fingerprint density at radius 1 is 1.45 bits per heavy atom. The summed E-state index contributed by atoms with van der Waals surface area (Å²) in [5.74, 6) is 0. The summed E-state index contributed by atoms with van der Waals surface area (Å²) in [4.78, 5) is 3.99. The maximum atomic E-state index is 3.99. The molecule has 0 aromatic carbocycles. The van der Waals surface area contributed by atoms with Crippen LogP contribution in [0.5, 0.6) is 0 Å². The van der Waals surface area contributed by atoms with E-state index in [1.807, 2.05) is 26.1 Å². The van der Waals surface area contributed by atoms with Gasteiger partial charge in [0.15, 0.2) is 0 Å². The van der Waals surface area contributed by atoms with E-state index in [0.717, 1.165) is 0 Å². The molecule has 0 rings (SSSR count). The third-order valence-electron chi connectivity index (χ3n) is 1.29. The zero-order valence-electron chi connectivity index (χ0n) is 7.21. The van der Waals surface area contributed by atoms with Gasteiger partial charge in [-0.2, -0.15) is 0 Å². The van der Waals surface area contributed by atoms with Crippen LogP contribution in [0.3, 0.4) is 0 Å². The molecule has 0 saturated carbocycles. The molecule has 1 atom stereocenters. The van der Waals surface area contributed by atoms with Gasteiger partial charge in [-0.25, -0.2) is 0 Å². The van der Waals surface area contributed by atoms with Crippen LogP contribution in [0.1, 0.15) is 20.8 Å². The molecule has 0 aromatic heterocycles. The van der Waals surface area contributed by atoms with Gasteiger partial charge in [-0.05, 0) is 32.4 Å². The molecule has 2 heteroatoms. The van der Waals surface area contributed by atoms with Gasteiger partial charge in [0, 0.05) is 16.3 Å². The molecule has 0 bridgehead atoms. The van der Waals surface area contributed by atoms with Crippen LogP contribution in [0.15, 0.2) is 28.9 Å². The maximum Gasteiger partial charge on any atom is 0.0328 e. The third-order valence-corrected chi connectivity index (χ3v) is 2.01. The average molecular weight is 263 g/mol. The number of aliphatic imine (C=N–C) groups is 1. The summed E-state index contributed by atoms with van der Waals surface area (Å²) in [6, 6.07) is 0. The summed E-state index contributed by atoms with van der Waals surface area (Å²) in [5.41, 5.74) is 1.32. The lowest BCUT2D eigenvalue weighted by molar-refractivity contribution is 1.20. The minimum absolute atomic E-state index is 0.556. The second-order valence-corrected chi connectivity index (χ2v) is 4.00. The summed E-state index contributed by atoms with van der Waals surface area (Å²) in [6.07, 6.45) is 7.75. The molecule has 0 radical (unpaired) electrons. The Kier molecular flexibility index (Phi) is 6.51. The fraction of sp³-hybridized carbons (Fsp3) is 0.444. The van der Waals surface area contributed by atoms with Crippen LogP contribution < -0.4 is 0 Å². The van der Waals surface area contributed by atoms with Crippen molar-refractivity contribution in [2.75, 3.05) is 0 Å². The van der Waals surface area contributed by atoms with E-state index in [0.29, 0.717) is 3.92 Å². The smallest absolute Gasteiger partial charge is 0.0328 e. The summed E-state index contributed by atoms with van der Waals surface area (Å²) in [6.45, 7) is 6.12. The molecule has 0 aliphatic heterocycles. The van der Waals surface area contributed by atoms with Crippen molar-refractivity contribution in [3.63, 3.8) is 0 Å². The van der Waals surface area contributed by atoms with Gasteiger partial charge in [-0.3, -0.25) is 4.99 Å². The highest BCUT2D eigenvalue weighted by molar-refractivity contribution is 14.1. The minimum atomic E-state index is 0.556. The Hall–Kier alpha value is -0.120. The van der Waals surface area contributed by atoms with Crippen molar-refractivity contribution in [1.29, 1.82) is 0 Å². The molecule has 11 heavy (non-hydrogen) atoms. The summed E-state index contributed by atoms with van der Waals surface area (Å²) < 4.78 is 0.556. The van der Waals surface area contributed by atoms with Gasteiger partial charge in [0.2, 0.25) is 0 Å². The van der Waals surface area contributed by atoms with Gasteiger partial charge in [-0.1, -0.05) is 28.7 Å². The van der Waals surface area contributed by atoms with Crippen LogP contribution in [-0.2, 0) is 0 Å². The van der Waals surface area contributed by atoms with Gasteiger partial charge >= 0.3 is 0 Å². The lowest BCUT2D eigenvalue weighted by Crippen LogP contribution is -1.91. The minimum Gasteiger partial charge on any atom is -0.269 e. The molecule has 0 aliphatic rings. The highest BCUT2D eigenvalue weighted by atomic mass is 127.